The molecule has 0 bridgehead atoms. The SMILES string of the molecule is COc1ccc(NC(=O)CCCn2nc(-c3ccccc3)ccc2=O)cc1. The average molecular weight is 363 g/mol. The number of rotatable bonds is 7. The molecule has 6 nitrogen and oxygen atoms in total. The van der Waals surface area contributed by atoms with Crippen LogP contribution in [-0.2, 0) is 11.3 Å². The molecule has 0 aliphatic carbocycles. The molecule has 1 N–H and O–H groups in total. The Kier molecular flexibility index (Phi) is 5.99. The number of carbonyl (C=O) groups excluding carboxylic acids is 1. The zero-order chi connectivity index (χ0) is 19.1. The summed E-state index contributed by atoms with van der Waals surface area (Å²) in [7, 11) is 1.59. The van der Waals surface area contributed by atoms with Crippen molar-refractivity contribution in [1.82, 2.24) is 9.78 Å². The number of benzene rings is 2. The molecular weight excluding hydrogens is 342 g/mol. The molecule has 27 heavy (non-hydrogen) atoms. The lowest BCUT2D eigenvalue weighted by Crippen LogP contribution is -2.23. The summed E-state index contributed by atoms with van der Waals surface area (Å²) in [6, 6.07) is 20.0. The summed E-state index contributed by atoms with van der Waals surface area (Å²) in [5.74, 6) is 0.629. The van der Waals surface area contributed by atoms with Crippen molar-refractivity contribution in [2.24, 2.45) is 0 Å². The fourth-order valence-electron chi connectivity index (χ4n) is 2.66. The number of ether oxygens (including phenoxy) is 1. The van der Waals surface area contributed by atoms with E-state index in [4.69, 9.17) is 4.74 Å². The molecule has 6 heteroatoms. The number of carbonyl (C=O) groups is 1. The van der Waals surface area contributed by atoms with Gasteiger partial charge in [-0.3, -0.25) is 9.59 Å². The number of methoxy groups -OCH3 is 1. The van der Waals surface area contributed by atoms with Crippen molar-refractivity contribution in [3.8, 4) is 17.0 Å². The van der Waals surface area contributed by atoms with Gasteiger partial charge in [-0.2, -0.15) is 5.10 Å². The molecule has 0 unspecified atom stereocenters. The Bertz CT molecular complexity index is 950. The maximum Gasteiger partial charge on any atom is 0.266 e. The van der Waals surface area contributed by atoms with E-state index in [2.05, 4.69) is 10.4 Å². The maximum atomic E-state index is 12.1. The molecule has 0 atom stereocenters. The molecule has 1 aromatic heterocycles. The van der Waals surface area contributed by atoms with E-state index >= 15 is 0 Å². The molecule has 0 saturated heterocycles. The Morgan fingerprint density at radius 3 is 2.48 bits per heavy atom. The van der Waals surface area contributed by atoms with Crippen molar-refractivity contribution in [2.45, 2.75) is 19.4 Å². The predicted molar refractivity (Wildman–Crippen MR) is 105 cm³/mol. The summed E-state index contributed by atoms with van der Waals surface area (Å²) < 4.78 is 6.49. The lowest BCUT2D eigenvalue weighted by atomic mass is 10.1. The second-order valence-corrected chi connectivity index (χ2v) is 6.03. The Balaban J connectivity index is 1.56. The van der Waals surface area contributed by atoms with Crippen molar-refractivity contribution in [3.63, 3.8) is 0 Å². The van der Waals surface area contributed by atoms with Crippen LogP contribution >= 0.6 is 0 Å². The van der Waals surface area contributed by atoms with Gasteiger partial charge in [0.05, 0.1) is 12.8 Å². The molecule has 138 valence electrons. The van der Waals surface area contributed by atoms with Crippen molar-refractivity contribution in [3.05, 3.63) is 77.1 Å². The van der Waals surface area contributed by atoms with Crippen molar-refractivity contribution in [2.75, 3.05) is 12.4 Å². The molecule has 1 heterocycles. The van der Waals surface area contributed by atoms with Crippen LogP contribution in [0.1, 0.15) is 12.8 Å². The molecule has 3 aromatic rings. The summed E-state index contributed by atoms with van der Waals surface area (Å²) in [4.78, 5) is 24.1. The Labute approximate surface area is 157 Å². The van der Waals surface area contributed by atoms with Gasteiger partial charge in [0.15, 0.2) is 0 Å². The molecule has 0 spiro atoms. The van der Waals surface area contributed by atoms with E-state index in [9.17, 15) is 9.59 Å². The minimum atomic E-state index is -0.176. The predicted octanol–water partition coefficient (Wildman–Crippen LogP) is 3.34. The topological polar surface area (TPSA) is 73.2 Å². The third kappa shape index (κ3) is 5.04. The van der Waals surface area contributed by atoms with Crippen LogP contribution in [0.5, 0.6) is 5.75 Å². The molecule has 0 saturated carbocycles. The lowest BCUT2D eigenvalue weighted by molar-refractivity contribution is -0.116. The Morgan fingerprint density at radius 1 is 1.04 bits per heavy atom. The molecule has 2 aromatic carbocycles. The molecule has 3 rings (SSSR count). The van der Waals surface area contributed by atoms with Gasteiger partial charge in [0.2, 0.25) is 5.91 Å². The third-order valence-corrected chi connectivity index (χ3v) is 4.08. The average Bonchev–Trinajstić information content (AvgIpc) is 2.70. The summed E-state index contributed by atoms with van der Waals surface area (Å²) in [6.45, 7) is 0.384. The van der Waals surface area contributed by atoms with Gasteiger partial charge in [-0.1, -0.05) is 30.3 Å². The van der Waals surface area contributed by atoms with Crippen molar-refractivity contribution < 1.29 is 9.53 Å². The van der Waals surface area contributed by atoms with E-state index in [0.717, 1.165) is 17.0 Å². The standard InChI is InChI=1S/C21H21N3O3/c1-27-18-11-9-17(10-12-18)22-20(25)8-5-15-24-21(26)14-13-19(23-24)16-6-3-2-4-7-16/h2-4,6-7,9-14H,5,8,15H2,1H3,(H,22,25). The van der Waals surface area contributed by atoms with Crippen LogP contribution in [0.3, 0.4) is 0 Å². The monoisotopic (exact) mass is 363 g/mol. The van der Waals surface area contributed by atoms with Crippen molar-refractivity contribution in [1.29, 1.82) is 0 Å². The number of nitrogens with zero attached hydrogens (tertiary/aromatic N) is 2. The number of aryl methyl sites for hydroxylation is 1. The highest BCUT2D eigenvalue weighted by Gasteiger charge is 2.06. The van der Waals surface area contributed by atoms with E-state index in [0.29, 0.717) is 25.1 Å². The summed E-state index contributed by atoms with van der Waals surface area (Å²) in [5.41, 5.74) is 2.22. The molecular formula is C21H21N3O3. The van der Waals surface area contributed by atoms with Crippen LogP contribution < -0.4 is 15.6 Å². The van der Waals surface area contributed by atoms with Gasteiger partial charge >= 0.3 is 0 Å². The van der Waals surface area contributed by atoms with Crippen LogP contribution in [-0.4, -0.2) is 22.8 Å². The van der Waals surface area contributed by atoms with E-state index < -0.39 is 0 Å². The minimum absolute atomic E-state index is 0.104. The van der Waals surface area contributed by atoms with Crippen LogP contribution in [0, 0.1) is 0 Å². The quantitative estimate of drug-likeness (QED) is 0.699. The number of aromatic nitrogens is 2. The summed E-state index contributed by atoms with van der Waals surface area (Å²) in [6.07, 6.45) is 0.822. The van der Waals surface area contributed by atoms with E-state index in [-0.39, 0.29) is 11.5 Å². The minimum Gasteiger partial charge on any atom is -0.497 e. The molecule has 0 fully saturated rings. The number of anilines is 1. The molecule has 0 radical (unpaired) electrons. The van der Waals surface area contributed by atoms with Crippen LogP contribution in [0.4, 0.5) is 5.69 Å². The zero-order valence-electron chi connectivity index (χ0n) is 15.1. The first-order valence-corrected chi connectivity index (χ1v) is 8.73. The van der Waals surface area contributed by atoms with Crippen LogP contribution in [0.15, 0.2) is 71.5 Å². The summed E-state index contributed by atoms with van der Waals surface area (Å²) >= 11 is 0. The maximum absolute atomic E-state index is 12.1. The van der Waals surface area contributed by atoms with E-state index in [1.54, 1.807) is 37.4 Å². The fourth-order valence-corrected chi connectivity index (χ4v) is 2.66. The van der Waals surface area contributed by atoms with Crippen molar-refractivity contribution >= 4 is 11.6 Å². The largest absolute Gasteiger partial charge is 0.497 e. The fraction of sp³-hybridized carbons (Fsp3) is 0.190. The Morgan fingerprint density at radius 2 is 1.78 bits per heavy atom. The first kappa shape index (κ1) is 18.4. The molecule has 0 aliphatic heterocycles. The number of nitrogens with one attached hydrogen (secondary N) is 1. The second-order valence-electron chi connectivity index (χ2n) is 6.03. The highest BCUT2D eigenvalue weighted by atomic mass is 16.5. The van der Waals surface area contributed by atoms with E-state index in [1.165, 1.54) is 10.7 Å². The number of hydrogen-bond donors (Lipinski definition) is 1. The van der Waals surface area contributed by atoms with Gasteiger partial charge in [-0.05, 0) is 36.8 Å². The first-order chi connectivity index (χ1) is 13.2. The number of amides is 1. The highest BCUT2D eigenvalue weighted by Crippen LogP contribution is 2.16. The van der Waals surface area contributed by atoms with Gasteiger partial charge in [0.1, 0.15) is 5.75 Å². The molecule has 0 aliphatic rings. The van der Waals surface area contributed by atoms with E-state index in [1.807, 2.05) is 30.3 Å². The normalized spacial score (nSPS) is 10.4. The molecule has 1 amide bonds. The third-order valence-electron chi connectivity index (χ3n) is 4.08. The highest BCUT2D eigenvalue weighted by molar-refractivity contribution is 5.90. The second kappa shape index (κ2) is 8.80. The van der Waals surface area contributed by atoms with Crippen LogP contribution in [0.25, 0.3) is 11.3 Å². The lowest BCUT2D eigenvalue weighted by Gasteiger charge is -2.08. The van der Waals surface area contributed by atoms with Crippen LogP contribution in [0.2, 0.25) is 0 Å². The van der Waals surface area contributed by atoms with Gasteiger partial charge < -0.3 is 10.1 Å². The zero-order valence-corrected chi connectivity index (χ0v) is 15.1. The van der Waals surface area contributed by atoms with Gasteiger partial charge in [0, 0.05) is 30.3 Å². The smallest absolute Gasteiger partial charge is 0.266 e. The Hall–Kier alpha value is -3.41. The van der Waals surface area contributed by atoms with Gasteiger partial charge in [-0.25, -0.2) is 4.68 Å². The first-order valence-electron chi connectivity index (χ1n) is 8.73. The van der Waals surface area contributed by atoms with Gasteiger partial charge in [-0.15, -0.1) is 0 Å². The summed E-state index contributed by atoms with van der Waals surface area (Å²) in [5, 5.41) is 7.23. The number of hydrogen-bond acceptors (Lipinski definition) is 4. The van der Waals surface area contributed by atoms with Gasteiger partial charge in [0.25, 0.3) is 5.56 Å².